The molecule has 2 aromatic rings. The second-order valence-corrected chi connectivity index (χ2v) is 5.27. The number of aryl methyl sites for hydroxylation is 1. The molecule has 0 aliphatic rings. The Morgan fingerprint density at radius 1 is 1.30 bits per heavy atom. The lowest BCUT2D eigenvalue weighted by molar-refractivity contribution is 0.315. The molecule has 0 spiro atoms. The summed E-state index contributed by atoms with van der Waals surface area (Å²) in [6, 6.07) is 4.16. The predicted octanol–water partition coefficient (Wildman–Crippen LogP) is 3.31. The van der Waals surface area contributed by atoms with Gasteiger partial charge in [0.2, 0.25) is 0 Å². The monoisotopic (exact) mass is 276 g/mol. The Morgan fingerprint density at radius 3 is 2.85 bits per heavy atom. The Hall–Kier alpha value is -1.52. The van der Waals surface area contributed by atoms with Gasteiger partial charge in [-0.2, -0.15) is 0 Å². The molecule has 2 aromatic heterocycles. The molecule has 0 saturated heterocycles. The van der Waals surface area contributed by atoms with E-state index in [9.17, 15) is 0 Å². The summed E-state index contributed by atoms with van der Waals surface area (Å²) in [5.41, 5.74) is 2.45. The van der Waals surface area contributed by atoms with Crippen LogP contribution in [0.25, 0.3) is 0 Å². The largest absolute Gasteiger partial charge is 0.472 e. The zero-order chi connectivity index (χ0) is 14.4. The number of hydrogen-bond donors (Lipinski definition) is 1. The Bertz CT molecular complexity index is 503. The molecule has 0 bridgehead atoms. The standard InChI is InChI=1S/C16H24N2O2/c1-4-6-17-9-16-8-15(13(2)20-16)11-18(3)10-14-5-7-19-12-14/h5,7-8,12,17H,4,6,9-11H2,1-3H3. The van der Waals surface area contributed by atoms with Crippen molar-refractivity contribution in [3.63, 3.8) is 0 Å². The molecule has 2 rings (SSSR count). The topological polar surface area (TPSA) is 41.5 Å². The third-order valence-corrected chi connectivity index (χ3v) is 3.27. The molecule has 2 heterocycles. The van der Waals surface area contributed by atoms with Gasteiger partial charge in [0.1, 0.15) is 11.5 Å². The highest BCUT2D eigenvalue weighted by molar-refractivity contribution is 5.21. The van der Waals surface area contributed by atoms with Crippen LogP contribution in [-0.4, -0.2) is 18.5 Å². The zero-order valence-electron chi connectivity index (χ0n) is 12.6. The molecule has 0 aliphatic heterocycles. The molecule has 20 heavy (non-hydrogen) atoms. The molecule has 0 radical (unpaired) electrons. The minimum atomic E-state index is 0.806. The van der Waals surface area contributed by atoms with E-state index in [1.807, 2.05) is 13.0 Å². The second kappa shape index (κ2) is 7.31. The normalized spacial score (nSPS) is 11.4. The number of rotatable bonds is 8. The van der Waals surface area contributed by atoms with E-state index in [0.717, 1.165) is 44.1 Å². The Labute approximate surface area is 120 Å². The summed E-state index contributed by atoms with van der Waals surface area (Å²) in [5, 5.41) is 3.36. The predicted molar refractivity (Wildman–Crippen MR) is 79.3 cm³/mol. The van der Waals surface area contributed by atoms with Crippen LogP contribution in [0.2, 0.25) is 0 Å². The van der Waals surface area contributed by atoms with E-state index < -0.39 is 0 Å². The van der Waals surface area contributed by atoms with Crippen LogP contribution in [0.4, 0.5) is 0 Å². The molecule has 1 N–H and O–H groups in total. The van der Waals surface area contributed by atoms with Gasteiger partial charge in [0.25, 0.3) is 0 Å². The molecular weight excluding hydrogens is 252 g/mol. The molecule has 0 aromatic carbocycles. The highest BCUT2D eigenvalue weighted by atomic mass is 16.3. The number of hydrogen-bond acceptors (Lipinski definition) is 4. The average Bonchev–Trinajstić information content (AvgIpc) is 3.01. The summed E-state index contributed by atoms with van der Waals surface area (Å²) in [6.45, 7) is 7.79. The number of furan rings is 2. The van der Waals surface area contributed by atoms with Crippen LogP contribution in [0.3, 0.4) is 0 Å². The van der Waals surface area contributed by atoms with E-state index in [4.69, 9.17) is 8.83 Å². The number of nitrogens with one attached hydrogen (secondary N) is 1. The van der Waals surface area contributed by atoms with Crippen LogP contribution in [0.1, 0.15) is 36.0 Å². The van der Waals surface area contributed by atoms with Gasteiger partial charge >= 0.3 is 0 Å². The lowest BCUT2D eigenvalue weighted by atomic mass is 10.2. The molecule has 0 fully saturated rings. The highest BCUT2D eigenvalue weighted by Gasteiger charge is 2.10. The van der Waals surface area contributed by atoms with Crippen molar-refractivity contribution in [1.82, 2.24) is 10.2 Å². The number of nitrogens with zero attached hydrogens (tertiary/aromatic N) is 1. The summed E-state index contributed by atoms with van der Waals surface area (Å²) in [7, 11) is 2.11. The van der Waals surface area contributed by atoms with Gasteiger partial charge in [-0.3, -0.25) is 4.90 Å². The van der Waals surface area contributed by atoms with Gasteiger partial charge in [-0.25, -0.2) is 0 Å². The second-order valence-electron chi connectivity index (χ2n) is 5.27. The molecule has 4 nitrogen and oxygen atoms in total. The molecule has 0 aliphatic carbocycles. The van der Waals surface area contributed by atoms with Gasteiger partial charge in [0.15, 0.2) is 0 Å². The summed E-state index contributed by atoms with van der Waals surface area (Å²) in [5.74, 6) is 2.03. The maximum Gasteiger partial charge on any atom is 0.118 e. The van der Waals surface area contributed by atoms with Crippen LogP contribution >= 0.6 is 0 Å². The molecule has 0 saturated carbocycles. The maximum absolute atomic E-state index is 5.79. The molecule has 0 atom stereocenters. The molecule has 4 heteroatoms. The third kappa shape index (κ3) is 4.25. The minimum Gasteiger partial charge on any atom is -0.472 e. The van der Waals surface area contributed by atoms with E-state index in [0.29, 0.717) is 0 Å². The summed E-state index contributed by atoms with van der Waals surface area (Å²) >= 11 is 0. The van der Waals surface area contributed by atoms with Crippen molar-refractivity contribution in [1.29, 1.82) is 0 Å². The van der Waals surface area contributed by atoms with Gasteiger partial charge in [-0.15, -0.1) is 0 Å². The molecule has 0 unspecified atom stereocenters. The third-order valence-electron chi connectivity index (χ3n) is 3.27. The van der Waals surface area contributed by atoms with Crippen LogP contribution in [-0.2, 0) is 19.6 Å². The Kier molecular flexibility index (Phi) is 5.44. The van der Waals surface area contributed by atoms with Crippen LogP contribution in [0.15, 0.2) is 33.5 Å². The first-order valence-corrected chi connectivity index (χ1v) is 7.17. The van der Waals surface area contributed by atoms with Crippen molar-refractivity contribution < 1.29 is 8.83 Å². The van der Waals surface area contributed by atoms with Gasteiger partial charge in [-0.05, 0) is 39.1 Å². The van der Waals surface area contributed by atoms with E-state index in [1.165, 1.54) is 11.1 Å². The fourth-order valence-corrected chi connectivity index (χ4v) is 2.26. The first kappa shape index (κ1) is 14.9. The van der Waals surface area contributed by atoms with Crippen LogP contribution < -0.4 is 5.32 Å². The van der Waals surface area contributed by atoms with Crippen LogP contribution in [0, 0.1) is 6.92 Å². The summed E-state index contributed by atoms with van der Waals surface area (Å²) < 4.78 is 10.9. The molecule has 0 amide bonds. The van der Waals surface area contributed by atoms with Crippen molar-refractivity contribution in [2.45, 2.75) is 39.9 Å². The van der Waals surface area contributed by atoms with Gasteiger partial charge in [-0.1, -0.05) is 6.92 Å². The van der Waals surface area contributed by atoms with Crippen molar-refractivity contribution in [2.24, 2.45) is 0 Å². The molecule has 110 valence electrons. The minimum absolute atomic E-state index is 0.806. The Morgan fingerprint density at radius 2 is 2.15 bits per heavy atom. The van der Waals surface area contributed by atoms with Crippen molar-refractivity contribution in [3.8, 4) is 0 Å². The lowest BCUT2D eigenvalue weighted by Gasteiger charge is -2.14. The quantitative estimate of drug-likeness (QED) is 0.751. The SMILES string of the molecule is CCCNCc1cc(CN(C)Cc2ccoc2)c(C)o1. The fraction of sp³-hybridized carbons (Fsp3) is 0.500. The van der Waals surface area contributed by atoms with Crippen LogP contribution in [0.5, 0.6) is 0 Å². The lowest BCUT2D eigenvalue weighted by Crippen LogP contribution is -2.17. The zero-order valence-corrected chi connectivity index (χ0v) is 12.6. The maximum atomic E-state index is 5.79. The summed E-state index contributed by atoms with van der Waals surface area (Å²) in [4.78, 5) is 2.26. The van der Waals surface area contributed by atoms with Gasteiger partial charge < -0.3 is 14.2 Å². The summed E-state index contributed by atoms with van der Waals surface area (Å²) in [6.07, 6.45) is 4.64. The van der Waals surface area contributed by atoms with Crippen molar-refractivity contribution in [2.75, 3.05) is 13.6 Å². The Balaban J connectivity index is 1.88. The van der Waals surface area contributed by atoms with Gasteiger partial charge in [0.05, 0.1) is 19.1 Å². The first-order chi connectivity index (χ1) is 9.69. The first-order valence-electron chi connectivity index (χ1n) is 7.17. The smallest absolute Gasteiger partial charge is 0.118 e. The van der Waals surface area contributed by atoms with E-state index in [2.05, 4.69) is 30.3 Å². The average molecular weight is 276 g/mol. The fourth-order valence-electron chi connectivity index (χ4n) is 2.26. The van der Waals surface area contributed by atoms with E-state index in [-0.39, 0.29) is 0 Å². The van der Waals surface area contributed by atoms with Crippen molar-refractivity contribution >= 4 is 0 Å². The van der Waals surface area contributed by atoms with E-state index in [1.54, 1.807) is 12.5 Å². The highest BCUT2D eigenvalue weighted by Crippen LogP contribution is 2.17. The molecular formula is C16H24N2O2. The van der Waals surface area contributed by atoms with Crippen molar-refractivity contribution in [3.05, 3.63) is 47.3 Å². The van der Waals surface area contributed by atoms with Gasteiger partial charge in [0, 0.05) is 24.2 Å². The van der Waals surface area contributed by atoms with E-state index >= 15 is 0 Å².